The average Bonchev–Trinajstić information content (AvgIpc) is 3.32. The predicted molar refractivity (Wildman–Crippen MR) is 117 cm³/mol. The first-order valence-corrected chi connectivity index (χ1v) is 12.4. The van der Waals surface area contributed by atoms with Crippen molar-refractivity contribution in [3.8, 4) is 0 Å². The molecule has 7 heteroatoms. The third kappa shape index (κ3) is 3.59. The zero-order valence-corrected chi connectivity index (χ0v) is 18.9. The lowest BCUT2D eigenvalue weighted by Crippen LogP contribution is -2.59. The summed E-state index contributed by atoms with van der Waals surface area (Å²) in [6.07, 6.45) is 5.42. The molecule has 1 N–H and O–H groups in total. The molecule has 4 aliphatic heterocycles. The Morgan fingerprint density at radius 2 is 2.20 bits per heavy atom. The number of nitrogens with one attached hydrogen (secondary N) is 1. The number of likely N-dealkylation sites (tertiary alicyclic amines) is 2. The number of ether oxygens (including phenoxy) is 1. The minimum Gasteiger partial charge on any atom is -0.370 e. The minimum atomic E-state index is -0.288. The van der Waals surface area contributed by atoms with Crippen LogP contribution in [-0.2, 0) is 32.8 Å². The van der Waals surface area contributed by atoms with Gasteiger partial charge in [-0.05, 0) is 44.2 Å². The molecule has 3 atom stereocenters. The van der Waals surface area contributed by atoms with Crippen molar-refractivity contribution in [2.45, 2.75) is 70.1 Å². The van der Waals surface area contributed by atoms with Crippen LogP contribution in [0.1, 0.15) is 54.8 Å². The van der Waals surface area contributed by atoms with Gasteiger partial charge in [-0.15, -0.1) is 11.3 Å². The van der Waals surface area contributed by atoms with Crippen molar-refractivity contribution < 1.29 is 14.3 Å². The molecule has 0 bridgehead atoms. The van der Waals surface area contributed by atoms with E-state index in [9.17, 15) is 9.59 Å². The van der Waals surface area contributed by atoms with Gasteiger partial charge in [0.1, 0.15) is 6.04 Å². The maximum atomic E-state index is 12.5. The van der Waals surface area contributed by atoms with Crippen molar-refractivity contribution in [2.24, 2.45) is 5.92 Å². The number of hydrogen-bond donors (Lipinski definition) is 1. The Kier molecular flexibility index (Phi) is 5.40. The highest BCUT2D eigenvalue weighted by Crippen LogP contribution is 2.46. The number of thiophene rings is 1. The number of amides is 2. The largest absolute Gasteiger partial charge is 0.370 e. The lowest BCUT2D eigenvalue weighted by Gasteiger charge is -2.50. The molecular formula is C23H33N3O3S. The monoisotopic (exact) mass is 431 g/mol. The van der Waals surface area contributed by atoms with E-state index in [0.717, 1.165) is 58.5 Å². The fraction of sp³-hybridized carbons (Fsp3) is 0.739. The van der Waals surface area contributed by atoms with Gasteiger partial charge in [-0.3, -0.25) is 9.59 Å². The van der Waals surface area contributed by atoms with Crippen LogP contribution in [0.4, 0.5) is 0 Å². The van der Waals surface area contributed by atoms with Crippen LogP contribution < -0.4 is 5.32 Å². The van der Waals surface area contributed by atoms with Gasteiger partial charge in [0, 0.05) is 60.7 Å². The van der Waals surface area contributed by atoms with Crippen LogP contribution in [0.3, 0.4) is 0 Å². The number of aryl methyl sites for hydroxylation is 1. The molecule has 4 aliphatic rings. The molecule has 5 heterocycles. The first-order chi connectivity index (χ1) is 14.5. The molecule has 5 rings (SSSR count). The third-order valence-electron chi connectivity index (χ3n) is 7.51. The maximum Gasteiger partial charge on any atom is 0.245 e. The van der Waals surface area contributed by atoms with Crippen molar-refractivity contribution in [1.29, 1.82) is 0 Å². The molecule has 3 fully saturated rings. The summed E-state index contributed by atoms with van der Waals surface area (Å²) in [6, 6.07) is 2.61. The Balaban J connectivity index is 1.16. The van der Waals surface area contributed by atoms with Gasteiger partial charge in [0.2, 0.25) is 11.8 Å². The van der Waals surface area contributed by atoms with Gasteiger partial charge < -0.3 is 19.9 Å². The zero-order valence-electron chi connectivity index (χ0n) is 18.1. The van der Waals surface area contributed by atoms with E-state index in [-0.39, 0.29) is 23.5 Å². The second-order valence-corrected chi connectivity index (χ2v) is 10.8. The number of hydrogen-bond acceptors (Lipinski definition) is 5. The van der Waals surface area contributed by atoms with Crippen LogP contribution in [0.15, 0.2) is 6.07 Å². The molecule has 2 amide bonds. The van der Waals surface area contributed by atoms with Crippen molar-refractivity contribution in [1.82, 2.24) is 15.1 Å². The molecule has 1 spiro atoms. The molecule has 0 saturated carbocycles. The first-order valence-electron chi connectivity index (χ1n) is 11.6. The van der Waals surface area contributed by atoms with Gasteiger partial charge in [0.05, 0.1) is 12.2 Å². The summed E-state index contributed by atoms with van der Waals surface area (Å²) in [5.41, 5.74) is 1.39. The summed E-state index contributed by atoms with van der Waals surface area (Å²) in [5.74, 6) is 0.652. The number of nitrogens with zero attached hydrogens (tertiary/aromatic N) is 2. The lowest BCUT2D eigenvalue weighted by molar-refractivity contribution is -0.142. The predicted octanol–water partition coefficient (Wildman–Crippen LogP) is 2.30. The lowest BCUT2D eigenvalue weighted by atomic mass is 9.79. The molecule has 1 aromatic heterocycles. The minimum absolute atomic E-state index is 0.00580. The Morgan fingerprint density at radius 1 is 1.37 bits per heavy atom. The van der Waals surface area contributed by atoms with Crippen LogP contribution in [0.5, 0.6) is 0 Å². The van der Waals surface area contributed by atoms with E-state index in [1.54, 1.807) is 4.88 Å². The third-order valence-corrected chi connectivity index (χ3v) is 8.85. The summed E-state index contributed by atoms with van der Waals surface area (Å²) < 4.78 is 6.46. The number of piperidine rings is 1. The standard InChI is InChI=1S/C23H33N3O3S/c1-3-17-10-18-20(30-17)6-9-29-23(18)7-8-25(15(2)11-23)12-16-13-26(14-16)22(28)19-4-5-21(27)24-19/h10,15-16,19H,3-9,11-14H2,1-2H3,(H,24,27)/t15-,19+,23+/m0/s1. The molecule has 0 radical (unpaired) electrons. The normalized spacial score (nSPS) is 32.2. The van der Waals surface area contributed by atoms with Gasteiger partial charge in [0.25, 0.3) is 0 Å². The Bertz CT molecular complexity index is 834. The number of carbonyl (C=O) groups is 2. The second-order valence-electron chi connectivity index (χ2n) is 9.56. The first kappa shape index (κ1) is 20.5. The van der Waals surface area contributed by atoms with E-state index >= 15 is 0 Å². The summed E-state index contributed by atoms with van der Waals surface area (Å²) in [5, 5.41) is 2.80. The molecule has 0 aromatic carbocycles. The number of rotatable bonds is 4. The van der Waals surface area contributed by atoms with Crippen LogP contribution in [0.2, 0.25) is 0 Å². The Labute approximate surface area is 182 Å². The van der Waals surface area contributed by atoms with E-state index in [2.05, 4.69) is 30.1 Å². The molecule has 0 aliphatic carbocycles. The van der Waals surface area contributed by atoms with Gasteiger partial charge in [-0.25, -0.2) is 0 Å². The molecule has 30 heavy (non-hydrogen) atoms. The van der Waals surface area contributed by atoms with E-state index in [0.29, 0.717) is 24.8 Å². The van der Waals surface area contributed by atoms with Crippen LogP contribution in [-0.4, -0.2) is 66.5 Å². The Morgan fingerprint density at radius 3 is 2.90 bits per heavy atom. The van der Waals surface area contributed by atoms with Crippen LogP contribution in [0, 0.1) is 5.92 Å². The summed E-state index contributed by atoms with van der Waals surface area (Å²) in [4.78, 5) is 31.4. The summed E-state index contributed by atoms with van der Waals surface area (Å²) >= 11 is 1.98. The van der Waals surface area contributed by atoms with Crippen molar-refractivity contribution in [3.63, 3.8) is 0 Å². The Hall–Kier alpha value is -1.44. The smallest absolute Gasteiger partial charge is 0.245 e. The number of carbonyl (C=O) groups excluding carboxylic acids is 2. The maximum absolute atomic E-state index is 12.5. The van der Waals surface area contributed by atoms with E-state index < -0.39 is 0 Å². The fourth-order valence-electron chi connectivity index (χ4n) is 5.76. The van der Waals surface area contributed by atoms with Gasteiger partial charge >= 0.3 is 0 Å². The molecular weight excluding hydrogens is 398 g/mol. The van der Waals surface area contributed by atoms with E-state index in [1.807, 2.05) is 16.2 Å². The van der Waals surface area contributed by atoms with Crippen molar-refractivity contribution in [2.75, 3.05) is 32.8 Å². The van der Waals surface area contributed by atoms with Crippen molar-refractivity contribution >= 4 is 23.2 Å². The SMILES string of the molecule is CCc1cc2c(s1)CCO[C@@]21CCN(CC2CN(C(=O)[C@H]3CCC(=O)N3)C2)[C@@H](C)C1. The quantitative estimate of drug-likeness (QED) is 0.795. The van der Waals surface area contributed by atoms with E-state index in [1.165, 1.54) is 10.4 Å². The topological polar surface area (TPSA) is 61.9 Å². The molecule has 0 unspecified atom stereocenters. The average molecular weight is 432 g/mol. The second kappa shape index (κ2) is 7.92. The van der Waals surface area contributed by atoms with Crippen LogP contribution >= 0.6 is 11.3 Å². The summed E-state index contributed by atoms with van der Waals surface area (Å²) in [7, 11) is 0. The zero-order chi connectivity index (χ0) is 20.9. The van der Waals surface area contributed by atoms with Crippen molar-refractivity contribution in [3.05, 3.63) is 21.4 Å². The van der Waals surface area contributed by atoms with Gasteiger partial charge in [-0.1, -0.05) is 6.92 Å². The van der Waals surface area contributed by atoms with Gasteiger partial charge in [-0.2, -0.15) is 0 Å². The molecule has 164 valence electrons. The van der Waals surface area contributed by atoms with Gasteiger partial charge in [0.15, 0.2) is 0 Å². The fourth-order valence-corrected chi connectivity index (χ4v) is 6.94. The molecule has 6 nitrogen and oxygen atoms in total. The number of fused-ring (bicyclic) bond motifs is 2. The highest BCUT2D eigenvalue weighted by atomic mass is 32.1. The molecule has 1 aromatic rings. The highest BCUT2D eigenvalue weighted by molar-refractivity contribution is 7.12. The van der Waals surface area contributed by atoms with E-state index in [4.69, 9.17) is 4.74 Å². The summed E-state index contributed by atoms with van der Waals surface area (Å²) in [6.45, 7) is 9.18. The molecule has 3 saturated heterocycles. The van der Waals surface area contributed by atoms with Crippen LogP contribution in [0.25, 0.3) is 0 Å². The highest BCUT2D eigenvalue weighted by Gasteiger charge is 2.45.